The van der Waals surface area contributed by atoms with Crippen LogP contribution in [0.4, 0.5) is 4.39 Å². The number of ether oxygens (including phenoxy) is 3. The fourth-order valence-electron chi connectivity index (χ4n) is 3.22. The Morgan fingerprint density at radius 2 is 1.97 bits per heavy atom. The van der Waals surface area contributed by atoms with Crippen LogP contribution in [0.5, 0.6) is 11.5 Å². The third kappa shape index (κ3) is 7.53. The predicted octanol–water partition coefficient (Wildman–Crippen LogP) is 4.18. The minimum Gasteiger partial charge on any atom is -0.491 e. The Kier molecular flexibility index (Phi) is 10.3. The summed E-state index contributed by atoms with van der Waals surface area (Å²) in [7, 11) is 1.70. The van der Waals surface area contributed by atoms with Crippen LogP contribution in [-0.4, -0.2) is 38.9 Å². The van der Waals surface area contributed by atoms with Crippen molar-refractivity contribution in [2.45, 2.75) is 39.5 Å². The number of guanidine groups is 1. The Balaban J connectivity index is 0.00000341. The zero-order valence-electron chi connectivity index (χ0n) is 18.2. The van der Waals surface area contributed by atoms with Gasteiger partial charge in [-0.3, -0.25) is 4.99 Å². The highest BCUT2D eigenvalue weighted by molar-refractivity contribution is 14.0. The Hall–Kier alpha value is -2.07. The van der Waals surface area contributed by atoms with Gasteiger partial charge >= 0.3 is 0 Å². The van der Waals surface area contributed by atoms with E-state index in [1.807, 2.05) is 26.0 Å². The number of nitrogens with one attached hydrogen (secondary N) is 2. The number of rotatable bonds is 8. The lowest BCUT2D eigenvalue weighted by Gasteiger charge is -2.18. The summed E-state index contributed by atoms with van der Waals surface area (Å²) >= 11 is 0. The minimum atomic E-state index is -0.364. The van der Waals surface area contributed by atoms with Gasteiger partial charge in [-0.05, 0) is 43.2 Å². The average Bonchev–Trinajstić information content (AvgIpc) is 3.24. The summed E-state index contributed by atoms with van der Waals surface area (Å²) in [6, 6.07) is 11.1. The van der Waals surface area contributed by atoms with E-state index in [4.69, 9.17) is 14.2 Å². The Morgan fingerprint density at radius 1 is 1.16 bits per heavy atom. The molecule has 0 radical (unpaired) electrons. The maximum atomic E-state index is 14.0. The third-order valence-electron chi connectivity index (χ3n) is 4.83. The van der Waals surface area contributed by atoms with Crippen LogP contribution in [0.1, 0.15) is 30.0 Å². The zero-order valence-corrected chi connectivity index (χ0v) is 20.6. The summed E-state index contributed by atoms with van der Waals surface area (Å²) in [5.74, 6) is 1.39. The first-order valence-corrected chi connectivity index (χ1v) is 10.3. The largest absolute Gasteiger partial charge is 0.491 e. The smallest absolute Gasteiger partial charge is 0.191 e. The van der Waals surface area contributed by atoms with Crippen molar-refractivity contribution >= 4 is 29.9 Å². The molecule has 2 aromatic carbocycles. The quantitative estimate of drug-likeness (QED) is 0.297. The molecule has 1 heterocycles. The number of halogens is 2. The number of aliphatic imine (C=N–C) groups is 1. The molecule has 0 amide bonds. The van der Waals surface area contributed by atoms with E-state index < -0.39 is 0 Å². The molecule has 1 aliphatic heterocycles. The van der Waals surface area contributed by atoms with Crippen LogP contribution >= 0.6 is 24.0 Å². The van der Waals surface area contributed by atoms with E-state index in [-0.39, 0.29) is 41.6 Å². The van der Waals surface area contributed by atoms with Crippen molar-refractivity contribution < 1.29 is 18.6 Å². The van der Waals surface area contributed by atoms with E-state index in [1.54, 1.807) is 13.1 Å². The highest BCUT2D eigenvalue weighted by atomic mass is 127. The normalized spacial score (nSPS) is 15.9. The highest BCUT2D eigenvalue weighted by Gasteiger charge is 2.18. The summed E-state index contributed by atoms with van der Waals surface area (Å²) in [4.78, 5) is 4.25. The molecule has 6 nitrogen and oxygen atoms in total. The van der Waals surface area contributed by atoms with Gasteiger partial charge in [0.05, 0.1) is 19.8 Å². The molecule has 2 N–H and O–H groups in total. The van der Waals surface area contributed by atoms with E-state index in [2.05, 4.69) is 27.8 Å². The summed E-state index contributed by atoms with van der Waals surface area (Å²) in [6.45, 7) is 6.68. The molecule has 0 aliphatic carbocycles. The molecule has 1 fully saturated rings. The number of nitrogens with zero attached hydrogens (tertiary/aromatic N) is 1. The van der Waals surface area contributed by atoms with Crippen molar-refractivity contribution in [2.75, 3.05) is 26.9 Å². The Labute approximate surface area is 200 Å². The fourth-order valence-corrected chi connectivity index (χ4v) is 3.22. The molecule has 0 saturated carbocycles. The van der Waals surface area contributed by atoms with Gasteiger partial charge in [-0.1, -0.05) is 18.2 Å². The lowest BCUT2D eigenvalue weighted by atomic mass is 10.1. The molecular formula is C23H31FIN3O3. The topological polar surface area (TPSA) is 64.1 Å². The van der Waals surface area contributed by atoms with Crippen LogP contribution in [0.3, 0.4) is 0 Å². The number of hydrogen-bond donors (Lipinski definition) is 2. The summed E-state index contributed by atoms with van der Waals surface area (Å²) < 4.78 is 30.8. The Bertz CT molecular complexity index is 873. The maximum absolute atomic E-state index is 14.0. The third-order valence-corrected chi connectivity index (χ3v) is 4.83. The van der Waals surface area contributed by atoms with E-state index >= 15 is 0 Å². The van der Waals surface area contributed by atoms with Crippen LogP contribution in [0.15, 0.2) is 41.4 Å². The molecule has 1 atom stereocenters. The zero-order chi connectivity index (χ0) is 21.3. The van der Waals surface area contributed by atoms with Gasteiger partial charge in [-0.25, -0.2) is 4.39 Å². The van der Waals surface area contributed by atoms with Crippen molar-refractivity contribution in [3.05, 3.63) is 58.9 Å². The average molecular weight is 543 g/mol. The van der Waals surface area contributed by atoms with Gasteiger partial charge in [0.1, 0.15) is 11.9 Å². The first-order chi connectivity index (χ1) is 14.6. The van der Waals surface area contributed by atoms with E-state index in [9.17, 15) is 4.39 Å². The van der Waals surface area contributed by atoms with Crippen molar-refractivity contribution in [1.29, 1.82) is 0 Å². The van der Waals surface area contributed by atoms with E-state index in [0.29, 0.717) is 32.3 Å². The van der Waals surface area contributed by atoms with Gasteiger partial charge < -0.3 is 24.8 Å². The summed E-state index contributed by atoms with van der Waals surface area (Å²) in [5.41, 5.74) is 3.00. The second-order valence-corrected chi connectivity index (χ2v) is 7.19. The van der Waals surface area contributed by atoms with Crippen molar-refractivity contribution in [1.82, 2.24) is 10.6 Å². The maximum Gasteiger partial charge on any atom is 0.191 e. The van der Waals surface area contributed by atoms with Gasteiger partial charge in [0, 0.05) is 32.1 Å². The predicted molar refractivity (Wildman–Crippen MR) is 131 cm³/mol. The molecule has 0 spiro atoms. The first kappa shape index (κ1) is 25.2. The molecule has 1 aliphatic rings. The van der Waals surface area contributed by atoms with Crippen LogP contribution in [-0.2, 0) is 17.8 Å². The molecule has 3 rings (SSSR count). The SMILES string of the molecule is CCOc1ccc(CNC(=NC)NCc2ccc(C)cc2OC2CCOC2)cc1F.I. The molecule has 31 heavy (non-hydrogen) atoms. The van der Waals surface area contributed by atoms with Crippen molar-refractivity contribution in [3.63, 3.8) is 0 Å². The minimum absolute atomic E-state index is 0. The summed E-state index contributed by atoms with van der Waals surface area (Å²) in [6.07, 6.45) is 1.00. The number of hydrogen-bond acceptors (Lipinski definition) is 4. The second-order valence-electron chi connectivity index (χ2n) is 7.19. The first-order valence-electron chi connectivity index (χ1n) is 10.3. The summed E-state index contributed by atoms with van der Waals surface area (Å²) in [5, 5.41) is 6.51. The highest BCUT2D eigenvalue weighted by Crippen LogP contribution is 2.24. The van der Waals surface area contributed by atoms with Gasteiger partial charge in [-0.15, -0.1) is 24.0 Å². The van der Waals surface area contributed by atoms with E-state index in [1.165, 1.54) is 6.07 Å². The standard InChI is InChI=1S/C23H30FN3O3.HI/c1-4-29-21-8-6-17(12-20(21)24)13-26-23(25-3)27-14-18-7-5-16(2)11-22(18)30-19-9-10-28-15-19;/h5-8,11-12,19H,4,9-10,13-15H2,1-3H3,(H2,25,26,27);1H. The van der Waals surface area contributed by atoms with Gasteiger partial charge in [0.15, 0.2) is 17.5 Å². The lowest BCUT2D eigenvalue weighted by Crippen LogP contribution is -2.36. The fraction of sp³-hybridized carbons (Fsp3) is 0.435. The molecule has 1 saturated heterocycles. The molecular weight excluding hydrogens is 512 g/mol. The molecule has 0 aromatic heterocycles. The van der Waals surface area contributed by atoms with E-state index in [0.717, 1.165) is 35.5 Å². The van der Waals surface area contributed by atoms with Crippen molar-refractivity contribution in [3.8, 4) is 11.5 Å². The molecule has 1 unspecified atom stereocenters. The van der Waals surface area contributed by atoms with Crippen LogP contribution in [0, 0.1) is 12.7 Å². The number of benzene rings is 2. The van der Waals surface area contributed by atoms with Crippen LogP contribution in [0.25, 0.3) is 0 Å². The second kappa shape index (κ2) is 12.7. The molecule has 0 bridgehead atoms. The van der Waals surface area contributed by atoms with Crippen LogP contribution < -0.4 is 20.1 Å². The van der Waals surface area contributed by atoms with Gasteiger partial charge in [0.25, 0.3) is 0 Å². The van der Waals surface area contributed by atoms with Gasteiger partial charge in [-0.2, -0.15) is 0 Å². The van der Waals surface area contributed by atoms with Crippen molar-refractivity contribution in [2.24, 2.45) is 4.99 Å². The Morgan fingerprint density at radius 3 is 2.65 bits per heavy atom. The molecule has 8 heteroatoms. The number of aryl methyl sites for hydroxylation is 1. The monoisotopic (exact) mass is 543 g/mol. The molecule has 2 aromatic rings. The molecule has 170 valence electrons. The lowest BCUT2D eigenvalue weighted by molar-refractivity contribution is 0.140. The van der Waals surface area contributed by atoms with Crippen LogP contribution in [0.2, 0.25) is 0 Å². The van der Waals surface area contributed by atoms with Gasteiger partial charge in [0.2, 0.25) is 0 Å².